The lowest BCUT2D eigenvalue weighted by molar-refractivity contribution is -0.167. The summed E-state index contributed by atoms with van der Waals surface area (Å²) in [7, 11) is 0. The largest absolute Gasteiger partial charge is 0.462 e. The van der Waals surface area contributed by atoms with Crippen LogP contribution in [-0.4, -0.2) is 37.2 Å². The van der Waals surface area contributed by atoms with E-state index in [0.717, 1.165) is 116 Å². The van der Waals surface area contributed by atoms with Crippen LogP contribution in [0.15, 0.2) is 60.8 Å². The van der Waals surface area contributed by atoms with E-state index in [0.29, 0.717) is 19.3 Å². The highest BCUT2D eigenvalue weighted by molar-refractivity contribution is 5.71. The van der Waals surface area contributed by atoms with E-state index in [4.69, 9.17) is 14.2 Å². The number of esters is 3. The van der Waals surface area contributed by atoms with Crippen LogP contribution in [0, 0.1) is 0 Å². The molecule has 0 N–H and O–H groups in total. The van der Waals surface area contributed by atoms with Crippen molar-refractivity contribution in [3.8, 4) is 0 Å². The average molecular weight is 755 g/mol. The molecule has 0 saturated carbocycles. The maximum absolute atomic E-state index is 12.6. The van der Waals surface area contributed by atoms with Crippen molar-refractivity contribution in [2.45, 2.75) is 213 Å². The zero-order valence-electron chi connectivity index (χ0n) is 35.2. The van der Waals surface area contributed by atoms with Gasteiger partial charge in [0.05, 0.1) is 0 Å². The summed E-state index contributed by atoms with van der Waals surface area (Å²) in [5, 5.41) is 0. The zero-order valence-corrected chi connectivity index (χ0v) is 35.2. The SMILES string of the molecule is CC/C=C\C/C=C\C/C=C\C/C=C\C/C=C\CCCCCCCC(=O)OCC(COC(=O)CCCCCCC)OC(=O)CCCCCCCCCCCC. The molecule has 0 rings (SSSR count). The Bertz CT molecular complexity index is 1010. The van der Waals surface area contributed by atoms with Gasteiger partial charge in [0.15, 0.2) is 6.10 Å². The van der Waals surface area contributed by atoms with Gasteiger partial charge in [-0.25, -0.2) is 0 Å². The van der Waals surface area contributed by atoms with Crippen LogP contribution in [0.4, 0.5) is 0 Å². The first-order chi connectivity index (χ1) is 26.5. The Morgan fingerprint density at radius 3 is 1.13 bits per heavy atom. The van der Waals surface area contributed by atoms with Gasteiger partial charge in [0, 0.05) is 19.3 Å². The van der Waals surface area contributed by atoms with Crippen LogP contribution in [0.25, 0.3) is 0 Å². The third-order valence-corrected chi connectivity index (χ3v) is 9.29. The van der Waals surface area contributed by atoms with Crippen LogP contribution < -0.4 is 0 Å². The quantitative estimate of drug-likeness (QED) is 0.0269. The summed E-state index contributed by atoms with van der Waals surface area (Å²) in [6, 6.07) is 0. The first-order valence-corrected chi connectivity index (χ1v) is 22.3. The lowest BCUT2D eigenvalue weighted by atomic mass is 10.1. The predicted octanol–water partition coefficient (Wildman–Crippen LogP) is 14.1. The molecule has 6 nitrogen and oxygen atoms in total. The normalized spacial score (nSPS) is 12.6. The Kier molecular flexibility index (Phi) is 40.6. The molecule has 0 amide bonds. The molecular weight excluding hydrogens is 673 g/mol. The highest BCUT2D eigenvalue weighted by Gasteiger charge is 2.19. The second-order valence-corrected chi connectivity index (χ2v) is 14.6. The topological polar surface area (TPSA) is 78.9 Å². The molecule has 310 valence electrons. The van der Waals surface area contributed by atoms with Gasteiger partial charge >= 0.3 is 17.9 Å². The molecule has 0 spiro atoms. The molecule has 0 bridgehead atoms. The first-order valence-electron chi connectivity index (χ1n) is 22.3. The van der Waals surface area contributed by atoms with Crippen LogP contribution in [-0.2, 0) is 28.6 Å². The molecule has 0 aliphatic carbocycles. The van der Waals surface area contributed by atoms with Gasteiger partial charge in [0.2, 0.25) is 0 Å². The predicted molar refractivity (Wildman–Crippen MR) is 228 cm³/mol. The van der Waals surface area contributed by atoms with Gasteiger partial charge in [0.1, 0.15) is 13.2 Å². The Hall–Kier alpha value is -2.89. The van der Waals surface area contributed by atoms with Gasteiger partial charge in [-0.3, -0.25) is 14.4 Å². The summed E-state index contributed by atoms with van der Waals surface area (Å²) < 4.78 is 16.6. The summed E-state index contributed by atoms with van der Waals surface area (Å²) in [6.45, 7) is 6.39. The molecule has 0 aliphatic rings. The second kappa shape index (κ2) is 42.8. The van der Waals surface area contributed by atoms with Crippen molar-refractivity contribution in [1.82, 2.24) is 0 Å². The van der Waals surface area contributed by atoms with Gasteiger partial charge < -0.3 is 14.2 Å². The summed E-state index contributed by atoms with van der Waals surface area (Å²) in [4.78, 5) is 37.4. The summed E-state index contributed by atoms with van der Waals surface area (Å²) in [6.07, 6.45) is 50.9. The van der Waals surface area contributed by atoms with E-state index in [2.05, 4.69) is 81.5 Å². The summed E-state index contributed by atoms with van der Waals surface area (Å²) in [5.41, 5.74) is 0. The van der Waals surface area contributed by atoms with E-state index < -0.39 is 6.10 Å². The number of carbonyl (C=O) groups is 3. The maximum Gasteiger partial charge on any atom is 0.306 e. The Morgan fingerprint density at radius 1 is 0.389 bits per heavy atom. The molecule has 1 unspecified atom stereocenters. The van der Waals surface area contributed by atoms with Crippen molar-refractivity contribution < 1.29 is 28.6 Å². The molecule has 0 aromatic heterocycles. The van der Waals surface area contributed by atoms with Crippen molar-refractivity contribution in [3.05, 3.63) is 60.8 Å². The van der Waals surface area contributed by atoms with E-state index >= 15 is 0 Å². The van der Waals surface area contributed by atoms with Crippen molar-refractivity contribution >= 4 is 17.9 Å². The molecule has 54 heavy (non-hydrogen) atoms. The second-order valence-electron chi connectivity index (χ2n) is 14.6. The third-order valence-electron chi connectivity index (χ3n) is 9.29. The standard InChI is InChI=1S/C48H82O6/c1-4-7-10-13-15-17-19-20-21-22-23-24-25-26-27-28-29-31-32-35-38-41-47(50)53-44-45(43-52-46(49)40-37-34-12-9-6-3)54-48(51)42-39-36-33-30-18-16-14-11-8-5-2/h7,10,15,17,20-21,23-24,26-27,45H,4-6,8-9,11-14,16,18-19,22,25,28-44H2,1-3H3/b10-7-,17-15-,21-20-,24-23-,27-26-. The zero-order chi connectivity index (χ0) is 39.4. The summed E-state index contributed by atoms with van der Waals surface area (Å²) >= 11 is 0. The highest BCUT2D eigenvalue weighted by Crippen LogP contribution is 2.13. The number of carbonyl (C=O) groups excluding carboxylic acids is 3. The minimum atomic E-state index is -0.774. The number of hydrogen-bond donors (Lipinski definition) is 0. The van der Waals surface area contributed by atoms with E-state index in [1.807, 2.05) is 0 Å². The molecule has 6 heteroatoms. The lowest BCUT2D eigenvalue weighted by Gasteiger charge is -2.18. The van der Waals surface area contributed by atoms with Crippen LogP contribution in [0.2, 0.25) is 0 Å². The molecule has 0 heterocycles. The Balaban J connectivity index is 4.21. The monoisotopic (exact) mass is 755 g/mol. The van der Waals surface area contributed by atoms with Crippen molar-refractivity contribution in [3.63, 3.8) is 0 Å². The smallest absolute Gasteiger partial charge is 0.306 e. The van der Waals surface area contributed by atoms with Crippen molar-refractivity contribution in [1.29, 1.82) is 0 Å². The van der Waals surface area contributed by atoms with Gasteiger partial charge in [-0.2, -0.15) is 0 Å². The molecule has 0 fully saturated rings. The van der Waals surface area contributed by atoms with Crippen LogP contribution in [0.1, 0.15) is 207 Å². The molecule has 0 aliphatic heterocycles. The van der Waals surface area contributed by atoms with Crippen LogP contribution in [0.5, 0.6) is 0 Å². The molecule has 0 saturated heterocycles. The summed E-state index contributed by atoms with van der Waals surface area (Å²) in [5.74, 6) is -0.919. The maximum atomic E-state index is 12.6. The number of rotatable bonds is 39. The van der Waals surface area contributed by atoms with Crippen molar-refractivity contribution in [2.75, 3.05) is 13.2 Å². The van der Waals surface area contributed by atoms with Gasteiger partial charge in [0.25, 0.3) is 0 Å². The Labute approximate surface area is 332 Å². The van der Waals surface area contributed by atoms with Gasteiger partial charge in [-0.05, 0) is 64.2 Å². The average Bonchev–Trinajstić information content (AvgIpc) is 3.17. The van der Waals surface area contributed by atoms with E-state index in [9.17, 15) is 14.4 Å². The van der Waals surface area contributed by atoms with Gasteiger partial charge in [-0.15, -0.1) is 0 Å². The highest BCUT2D eigenvalue weighted by atomic mass is 16.6. The van der Waals surface area contributed by atoms with Gasteiger partial charge in [-0.1, -0.05) is 184 Å². The fraction of sp³-hybridized carbons (Fsp3) is 0.729. The van der Waals surface area contributed by atoms with E-state index in [-0.39, 0.29) is 31.1 Å². The van der Waals surface area contributed by atoms with E-state index in [1.165, 1.54) is 51.4 Å². The molecule has 1 atom stereocenters. The minimum absolute atomic E-state index is 0.0806. The fourth-order valence-electron chi connectivity index (χ4n) is 5.94. The number of hydrogen-bond acceptors (Lipinski definition) is 6. The van der Waals surface area contributed by atoms with Crippen LogP contribution in [0.3, 0.4) is 0 Å². The number of unbranched alkanes of at least 4 members (excludes halogenated alkanes) is 18. The molecule has 0 radical (unpaired) electrons. The first kappa shape index (κ1) is 51.1. The van der Waals surface area contributed by atoms with Crippen LogP contribution >= 0.6 is 0 Å². The molecule has 0 aromatic carbocycles. The minimum Gasteiger partial charge on any atom is -0.462 e. The third kappa shape index (κ3) is 40.3. The number of ether oxygens (including phenoxy) is 3. The molecular formula is C48H82O6. The number of allylic oxidation sites excluding steroid dienone is 10. The Morgan fingerprint density at radius 2 is 0.722 bits per heavy atom. The fourth-order valence-corrected chi connectivity index (χ4v) is 5.94. The van der Waals surface area contributed by atoms with Crippen molar-refractivity contribution in [2.24, 2.45) is 0 Å². The van der Waals surface area contributed by atoms with E-state index in [1.54, 1.807) is 0 Å². The lowest BCUT2D eigenvalue weighted by Crippen LogP contribution is -2.30. The molecule has 0 aromatic rings.